The van der Waals surface area contributed by atoms with Crippen LogP contribution in [-0.2, 0) is 21.5 Å². The third kappa shape index (κ3) is 3.14. The largest absolute Gasteiger partial charge is 0.475 e. The summed E-state index contributed by atoms with van der Waals surface area (Å²) in [5.41, 5.74) is -1.17. The number of fused-ring (bicyclic) bond motifs is 3. The Kier molecular flexibility index (Phi) is 5.08. The van der Waals surface area contributed by atoms with E-state index in [1.165, 1.54) is 19.2 Å². The number of likely N-dealkylation sites (N-methyl/N-ethyl adjacent to an activating group) is 1. The summed E-state index contributed by atoms with van der Waals surface area (Å²) in [7, 11) is 2.96. The Bertz CT molecular complexity index is 930. The van der Waals surface area contributed by atoms with Crippen LogP contribution in [0.15, 0.2) is 18.2 Å². The summed E-state index contributed by atoms with van der Waals surface area (Å²) in [4.78, 5) is 22.2. The average molecular weight is 509 g/mol. The summed E-state index contributed by atoms with van der Waals surface area (Å²) in [6.45, 7) is 0. The van der Waals surface area contributed by atoms with Gasteiger partial charge in [0.2, 0.25) is 0 Å². The van der Waals surface area contributed by atoms with Gasteiger partial charge < -0.3 is 14.8 Å². The topological polar surface area (TPSA) is 67.9 Å². The molecule has 0 aromatic heterocycles. The SMILES string of the molecule is COC1CCC2(CC1)Cc1ccc(OC(F)(F)C(F)(F)Br)cc1C21NC(=O)N(C)C1=O. The van der Waals surface area contributed by atoms with Crippen molar-refractivity contribution in [3.05, 3.63) is 29.3 Å². The highest BCUT2D eigenvalue weighted by molar-refractivity contribution is 9.10. The molecule has 1 unspecified atom stereocenters. The van der Waals surface area contributed by atoms with Crippen LogP contribution in [0.1, 0.15) is 36.8 Å². The van der Waals surface area contributed by atoms with Crippen molar-refractivity contribution in [3.8, 4) is 5.75 Å². The van der Waals surface area contributed by atoms with Crippen molar-refractivity contribution in [2.75, 3.05) is 14.2 Å². The zero-order valence-corrected chi connectivity index (χ0v) is 18.4. The fourth-order valence-electron chi connectivity index (χ4n) is 5.23. The first-order valence-electron chi connectivity index (χ1n) is 9.77. The second kappa shape index (κ2) is 7.06. The maximum absolute atomic E-state index is 13.8. The maximum atomic E-state index is 13.8. The van der Waals surface area contributed by atoms with Gasteiger partial charge in [-0.2, -0.15) is 17.6 Å². The number of halogens is 5. The van der Waals surface area contributed by atoms with Crippen LogP contribution >= 0.6 is 15.9 Å². The van der Waals surface area contributed by atoms with Crippen LogP contribution in [0.2, 0.25) is 0 Å². The first-order chi connectivity index (χ1) is 14.4. The van der Waals surface area contributed by atoms with Gasteiger partial charge >= 0.3 is 17.0 Å². The van der Waals surface area contributed by atoms with E-state index in [0.717, 1.165) is 11.0 Å². The molecule has 0 radical (unpaired) electrons. The molecule has 1 N–H and O–H groups in total. The number of hydrogen-bond donors (Lipinski definition) is 1. The van der Waals surface area contributed by atoms with E-state index in [-0.39, 0.29) is 6.10 Å². The highest BCUT2D eigenvalue weighted by Crippen LogP contribution is 2.60. The molecule has 1 heterocycles. The molecule has 11 heteroatoms. The smallest absolute Gasteiger partial charge is 0.427 e. The summed E-state index contributed by atoms with van der Waals surface area (Å²) in [5, 5.41) is 2.79. The third-order valence-electron chi connectivity index (χ3n) is 6.83. The monoisotopic (exact) mass is 508 g/mol. The van der Waals surface area contributed by atoms with E-state index in [2.05, 4.69) is 10.1 Å². The van der Waals surface area contributed by atoms with Gasteiger partial charge in [-0.1, -0.05) is 6.07 Å². The molecule has 31 heavy (non-hydrogen) atoms. The van der Waals surface area contributed by atoms with E-state index in [4.69, 9.17) is 4.74 Å². The minimum absolute atomic E-state index is 0.0232. The molecule has 1 saturated carbocycles. The predicted octanol–water partition coefficient (Wildman–Crippen LogP) is 4.15. The van der Waals surface area contributed by atoms with Crippen molar-refractivity contribution in [2.45, 2.75) is 54.7 Å². The number of carbonyl (C=O) groups excluding carboxylic acids is 2. The lowest BCUT2D eigenvalue weighted by Crippen LogP contribution is -2.56. The lowest BCUT2D eigenvalue weighted by atomic mass is 9.61. The predicted molar refractivity (Wildman–Crippen MR) is 104 cm³/mol. The Labute approximate surface area is 184 Å². The van der Waals surface area contributed by atoms with Crippen molar-refractivity contribution in [1.29, 1.82) is 0 Å². The Morgan fingerprint density at radius 1 is 1.19 bits per heavy atom. The number of alkyl halides is 5. The van der Waals surface area contributed by atoms with Crippen LogP contribution in [-0.4, -0.2) is 48.0 Å². The minimum Gasteiger partial charge on any atom is -0.427 e. The molecule has 2 fully saturated rings. The Hall–Kier alpha value is -1.88. The highest BCUT2D eigenvalue weighted by atomic mass is 79.9. The van der Waals surface area contributed by atoms with E-state index < -0.39 is 39.6 Å². The molecule has 2 spiro atoms. The van der Waals surface area contributed by atoms with Crippen LogP contribution in [0.25, 0.3) is 0 Å². The molecule has 170 valence electrons. The van der Waals surface area contributed by atoms with Crippen molar-refractivity contribution < 1.29 is 36.6 Å². The van der Waals surface area contributed by atoms with Gasteiger partial charge in [-0.05, 0) is 55.4 Å². The molecule has 1 saturated heterocycles. The van der Waals surface area contributed by atoms with Crippen LogP contribution in [0.3, 0.4) is 0 Å². The van der Waals surface area contributed by atoms with Gasteiger partial charge in [-0.3, -0.25) is 9.69 Å². The van der Waals surface area contributed by atoms with Gasteiger partial charge in [0.25, 0.3) is 5.91 Å². The second-order valence-electron chi connectivity index (χ2n) is 8.37. The summed E-state index contributed by atoms with van der Waals surface area (Å²) >= 11 is 1.64. The standard InChI is InChI=1S/C20H21BrF4N2O4/c1-27-15(28)18(26-16(27)29)14-9-13(31-20(24,25)19(21,22)23)4-3-11(14)10-17(18)7-5-12(30-2)6-8-17/h3-4,9,12H,5-8,10H2,1-2H3,(H,26,29). The van der Waals surface area contributed by atoms with Gasteiger partial charge in [-0.15, -0.1) is 0 Å². The summed E-state index contributed by atoms with van der Waals surface area (Å²) in [5.74, 6) is -1.02. The lowest BCUT2D eigenvalue weighted by Gasteiger charge is -2.46. The molecule has 0 bridgehead atoms. The molecule has 3 amide bonds. The van der Waals surface area contributed by atoms with Crippen molar-refractivity contribution in [1.82, 2.24) is 10.2 Å². The average Bonchev–Trinajstić information content (AvgIpc) is 3.09. The molecule has 2 aliphatic carbocycles. The van der Waals surface area contributed by atoms with E-state index in [1.54, 1.807) is 23.0 Å². The number of amides is 3. The molecular formula is C20H21BrF4N2O4. The van der Waals surface area contributed by atoms with Gasteiger partial charge in [-0.25, -0.2) is 4.79 Å². The molecular weight excluding hydrogens is 488 g/mol. The first kappa shape index (κ1) is 22.3. The summed E-state index contributed by atoms with van der Waals surface area (Å²) in [6, 6.07) is 3.22. The Morgan fingerprint density at radius 2 is 1.84 bits per heavy atom. The fraction of sp³-hybridized carbons (Fsp3) is 0.600. The lowest BCUT2D eigenvalue weighted by molar-refractivity contribution is -0.266. The number of rotatable bonds is 4. The van der Waals surface area contributed by atoms with E-state index in [0.29, 0.717) is 43.2 Å². The van der Waals surface area contributed by atoms with Crippen LogP contribution in [0, 0.1) is 5.41 Å². The van der Waals surface area contributed by atoms with Crippen LogP contribution < -0.4 is 10.1 Å². The molecule has 3 aliphatic rings. The first-order valence-corrected chi connectivity index (χ1v) is 10.6. The molecule has 1 aliphatic heterocycles. The minimum atomic E-state index is -4.82. The number of nitrogens with one attached hydrogen (secondary N) is 1. The van der Waals surface area contributed by atoms with E-state index in [1.807, 2.05) is 0 Å². The number of imide groups is 1. The van der Waals surface area contributed by atoms with Crippen molar-refractivity contribution >= 4 is 27.9 Å². The quantitative estimate of drug-likeness (QED) is 0.376. The zero-order valence-electron chi connectivity index (χ0n) is 16.8. The van der Waals surface area contributed by atoms with Crippen LogP contribution in [0.5, 0.6) is 5.75 Å². The van der Waals surface area contributed by atoms with E-state index in [9.17, 15) is 27.2 Å². The van der Waals surface area contributed by atoms with Crippen LogP contribution in [0.4, 0.5) is 22.4 Å². The van der Waals surface area contributed by atoms with Gasteiger partial charge in [0.05, 0.1) is 6.10 Å². The molecule has 1 aromatic rings. The number of nitrogens with zero attached hydrogens (tertiary/aromatic N) is 1. The molecule has 6 nitrogen and oxygen atoms in total. The highest BCUT2D eigenvalue weighted by Gasteiger charge is 2.67. The normalized spacial score (nSPS) is 30.8. The summed E-state index contributed by atoms with van der Waals surface area (Å²) in [6.07, 6.45) is -1.91. The molecule has 1 aromatic carbocycles. The molecule has 1 atom stereocenters. The van der Waals surface area contributed by atoms with Crippen molar-refractivity contribution in [3.63, 3.8) is 0 Å². The number of hydrogen-bond acceptors (Lipinski definition) is 4. The Morgan fingerprint density at radius 3 is 2.35 bits per heavy atom. The number of ether oxygens (including phenoxy) is 2. The van der Waals surface area contributed by atoms with E-state index >= 15 is 0 Å². The summed E-state index contributed by atoms with van der Waals surface area (Å²) < 4.78 is 63.7. The third-order valence-corrected chi connectivity index (χ3v) is 7.29. The molecule has 4 rings (SSSR count). The van der Waals surface area contributed by atoms with Crippen molar-refractivity contribution in [2.24, 2.45) is 5.41 Å². The second-order valence-corrected chi connectivity index (χ2v) is 9.37. The van der Waals surface area contributed by atoms with Gasteiger partial charge in [0.1, 0.15) is 5.75 Å². The number of methoxy groups -OCH3 is 1. The fourth-order valence-corrected chi connectivity index (χ4v) is 5.31. The number of benzene rings is 1. The van der Waals surface area contributed by atoms with Gasteiger partial charge in [0, 0.05) is 35.5 Å². The Balaban J connectivity index is 1.79. The number of carbonyl (C=O) groups is 2. The number of urea groups is 1. The van der Waals surface area contributed by atoms with Gasteiger partial charge in [0.15, 0.2) is 5.54 Å². The maximum Gasteiger partial charge on any atom is 0.475 e. The zero-order chi connectivity index (χ0) is 22.8.